The highest BCUT2D eigenvalue weighted by Crippen LogP contribution is 2.37. The number of carboxylic acids is 1. The summed E-state index contributed by atoms with van der Waals surface area (Å²) in [6.07, 6.45) is 0.104. The molecule has 4 nitrogen and oxygen atoms in total. The molecule has 2 N–H and O–H groups in total. The Morgan fingerprint density at radius 3 is 2.83 bits per heavy atom. The normalized spacial score (nSPS) is 23.3. The Hall–Kier alpha value is -1.20. The summed E-state index contributed by atoms with van der Waals surface area (Å²) in [6, 6.07) is 7.29. The van der Waals surface area contributed by atoms with Crippen LogP contribution in [0, 0.1) is 0 Å². The summed E-state index contributed by atoms with van der Waals surface area (Å²) in [4.78, 5) is 10.9. The first kappa shape index (κ1) is 13.2. The topological polar surface area (TPSA) is 58.6 Å². The van der Waals surface area contributed by atoms with E-state index in [1.807, 2.05) is 38.1 Å². The molecule has 2 atom stereocenters. The number of carboxylic acid groups (broad SMARTS) is 1. The molecule has 1 aliphatic rings. The van der Waals surface area contributed by atoms with Gasteiger partial charge in [-0.05, 0) is 19.9 Å². The van der Waals surface area contributed by atoms with Crippen LogP contribution < -0.4 is 10.1 Å². The van der Waals surface area contributed by atoms with Gasteiger partial charge in [-0.3, -0.25) is 10.1 Å². The summed E-state index contributed by atoms with van der Waals surface area (Å²) in [7, 11) is 0. The zero-order valence-corrected chi connectivity index (χ0v) is 11.2. The molecular weight excluding hydrogens is 250 g/mol. The van der Waals surface area contributed by atoms with Gasteiger partial charge in [0.15, 0.2) is 0 Å². The van der Waals surface area contributed by atoms with E-state index in [9.17, 15) is 4.79 Å². The minimum absolute atomic E-state index is 0.0129. The van der Waals surface area contributed by atoms with Crippen LogP contribution in [-0.2, 0) is 4.79 Å². The highest BCUT2D eigenvalue weighted by atomic mass is 32.2. The van der Waals surface area contributed by atoms with Crippen LogP contribution in [0.25, 0.3) is 0 Å². The van der Waals surface area contributed by atoms with Crippen molar-refractivity contribution in [2.45, 2.75) is 31.4 Å². The number of hydrogen-bond acceptors (Lipinski definition) is 4. The molecule has 1 saturated heterocycles. The molecule has 0 aliphatic carbocycles. The lowest BCUT2D eigenvalue weighted by atomic mass is 10.2. The first-order valence-corrected chi connectivity index (χ1v) is 6.99. The molecule has 1 aromatic carbocycles. The van der Waals surface area contributed by atoms with E-state index >= 15 is 0 Å². The standard InChI is InChI=1S/C13H17NO3S/c1-8(2)17-11-6-4-3-5-9(11)12-14-10(7-18-12)13(15)16/h3-6,8,10,12,14H,7H2,1-2H3,(H,15,16)/t10-,12-/m1/s1. The lowest BCUT2D eigenvalue weighted by molar-refractivity contribution is -0.138. The zero-order chi connectivity index (χ0) is 13.1. The molecule has 1 fully saturated rings. The fourth-order valence-corrected chi connectivity index (χ4v) is 3.11. The molecular formula is C13H17NO3S. The second-order valence-corrected chi connectivity index (χ2v) is 5.61. The molecule has 0 spiro atoms. The van der Waals surface area contributed by atoms with Gasteiger partial charge in [0.2, 0.25) is 0 Å². The second-order valence-electron chi connectivity index (χ2n) is 4.48. The van der Waals surface area contributed by atoms with Gasteiger partial charge in [0.1, 0.15) is 11.8 Å². The molecule has 18 heavy (non-hydrogen) atoms. The lowest BCUT2D eigenvalue weighted by Gasteiger charge is -2.18. The maximum atomic E-state index is 10.9. The monoisotopic (exact) mass is 267 g/mol. The molecule has 1 heterocycles. The number of aliphatic carboxylic acids is 1. The second kappa shape index (κ2) is 5.63. The van der Waals surface area contributed by atoms with Crippen LogP contribution in [0.15, 0.2) is 24.3 Å². The van der Waals surface area contributed by atoms with E-state index in [1.54, 1.807) is 11.8 Å². The maximum Gasteiger partial charge on any atom is 0.321 e. The van der Waals surface area contributed by atoms with Crippen molar-refractivity contribution in [3.63, 3.8) is 0 Å². The minimum atomic E-state index is -0.799. The molecule has 1 aliphatic heterocycles. The summed E-state index contributed by atoms with van der Waals surface area (Å²) in [5.74, 6) is 0.603. The summed E-state index contributed by atoms with van der Waals surface area (Å²) in [5, 5.41) is 12.1. The van der Waals surface area contributed by atoms with Crippen LogP contribution >= 0.6 is 11.8 Å². The number of nitrogens with one attached hydrogen (secondary N) is 1. The summed E-state index contributed by atoms with van der Waals surface area (Å²) in [6.45, 7) is 3.96. The number of carbonyl (C=O) groups is 1. The average Bonchev–Trinajstić information content (AvgIpc) is 2.78. The van der Waals surface area contributed by atoms with Crippen LogP contribution in [0.1, 0.15) is 24.8 Å². The Kier molecular flexibility index (Phi) is 4.14. The third kappa shape index (κ3) is 2.97. The van der Waals surface area contributed by atoms with Gasteiger partial charge in [0.25, 0.3) is 0 Å². The molecule has 0 unspecified atom stereocenters. The van der Waals surface area contributed by atoms with Crippen molar-refractivity contribution in [1.82, 2.24) is 5.32 Å². The molecule has 1 aromatic rings. The Bertz CT molecular complexity index is 436. The van der Waals surface area contributed by atoms with Crippen molar-refractivity contribution in [1.29, 1.82) is 0 Å². The van der Waals surface area contributed by atoms with Gasteiger partial charge in [-0.1, -0.05) is 18.2 Å². The predicted octanol–water partition coefficient (Wildman–Crippen LogP) is 2.26. The molecule has 0 bridgehead atoms. The first-order chi connectivity index (χ1) is 8.58. The van der Waals surface area contributed by atoms with Crippen molar-refractivity contribution in [3.05, 3.63) is 29.8 Å². The SMILES string of the molecule is CC(C)Oc1ccccc1[C@@H]1N[C@@H](C(=O)O)CS1. The summed E-state index contributed by atoms with van der Waals surface area (Å²) < 4.78 is 5.75. The molecule has 98 valence electrons. The maximum absolute atomic E-state index is 10.9. The molecule has 0 amide bonds. The van der Waals surface area contributed by atoms with Gasteiger partial charge in [0, 0.05) is 11.3 Å². The van der Waals surface area contributed by atoms with Crippen molar-refractivity contribution in [3.8, 4) is 5.75 Å². The van der Waals surface area contributed by atoms with Gasteiger partial charge in [-0.25, -0.2) is 0 Å². The number of hydrogen-bond donors (Lipinski definition) is 2. The van der Waals surface area contributed by atoms with Crippen LogP contribution in [0.2, 0.25) is 0 Å². The highest BCUT2D eigenvalue weighted by molar-refractivity contribution is 7.99. The molecule has 0 saturated carbocycles. The van der Waals surface area contributed by atoms with E-state index in [-0.39, 0.29) is 11.5 Å². The van der Waals surface area contributed by atoms with E-state index in [2.05, 4.69) is 5.32 Å². The van der Waals surface area contributed by atoms with Gasteiger partial charge in [-0.2, -0.15) is 0 Å². The third-order valence-electron chi connectivity index (χ3n) is 2.64. The molecule has 0 aromatic heterocycles. The van der Waals surface area contributed by atoms with Crippen LogP contribution in [0.3, 0.4) is 0 Å². The molecule has 0 radical (unpaired) electrons. The van der Waals surface area contributed by atoms with Crippen molar-refractivity contribution in [2.24, 2.45) is 0 Å². The third-order valence-corrected chi connectivity index (χ3v) is 3.89. The number of rotatable bonds is 4. The minimum Gasteiger partial charge on any atom is -0.491 e. The quantitative estimate of drug-likeness (QED) is 0.876. The summed E-state index contributed by atoms with van der Waals surface area (Å²) in [5.41, 5.74) is 1.01. The Labute approximate surface area is 111 Å². The van der Waals surface area contributed by atoms with Crippen LogP contribution in [0.4, 0.5) is 0 Å². The highest BCUT2D eigenvalue weighted by Gasteiger charge is 2.31. The van der Waals surface area contributed by atoms with Gasteiger partial charge >= 0.3 is 5.97 Å². The molecule has 5 heteroatoms. The largest absolute Gasteiger partial charge is 0.491 e. The Morgan fingerprint density at radius 2 is 2.22 bits per heavy atom. The number of benzene rings is 1. The Morgan fingerprint density at radius 1 is 1.50 bits per heavy atom. The predicted molar refractivity (Wildman–Crippen MR) is 72.0 cm³/mol. The van der Waals surface area contributed by atoms with E-state index in [1.165, 1.54) is 0 Å². The van der Waals surface area contributed by atoms with Gasteiger partial charge in [-0.15, -0.1) is 11.8 Å². The van der Waals surface area contributed by atoms with Crippen LogP contribution in [-0.4, -0.2) is 29.0 Å². The van der Waals surface area contributed by atoms with Crippen LogP contribution in [0.5, 0.6) is 5.75 Å². The van der Waals surface area contributed by atoms with E-state index < -0.39 is 12.0 Å². The zero-order valence-electron chi connectivity index (χ0n) is 10.4. The van der Waals surface area contributed by atoms with E-state index in [0.717, 1.165) is 11.3 Å². The summed E-state index contributed by atoms with van der Waals surface area (Å²) >= 11 is 1.60. The number of para-hydroxylation sites is 1. The number of ether oxygens (including phenoxy) is 1. The Balaban J connectivity index is 2.16. The van der Waals surface area contributed by atoms with E-state index in [0.29, 0.717) is 5.75 Å². The smallest absolute Gasteiger partial charge is 0.321 e. The number of thioether (sulfide) groups is 1. The fourth-order valence-electron chi connectivity index (χ4n) is 1.85. The van der Waals surface area contributed by atoms with Crippen molar-refractivity contribution in [2.75, 3.05) is 5.75 Å². The van der Waals surface area contributed by atoms with Crippen molar-refractivity contribution < 1.29 is 14.6 Å². The van der Waals surface area contributed by atoms with Gasteiger partial charge in [0.05, 0.1) is 11.5 Å². The lowest BCUT2D eigenvalue weighted by Crippen LogP contribution is -2.33. The van der Waals surface area contributed by atoms with Gasteiger partial charge < -0.3 is 9.84 Å². The fraction of sp³-hybridized carbons (Fsp3) is 0.462. The van der Waals surface area contributed by atoms with Crippen molar-refractivity contribution >= 4 is 17.7 Å². The first-order valence-electron chi connectivity index (χ1n) is 5.94. The van der Waals surface area contributed by atoms with E-state index in [4.69, 9.17) is 9.84 Å². The average molecular weight is 267 g/mol. The molecule has 2 rings (SSSR count).